The van der Waals surface area contributed by atoms with E-state index in [2.05, 4.69) is 0 Å². The van der Waals surface area contributed by atoms with Gasteiger partial charge in [-0.1, -0.05) is 0 Å². The predicted octanol–water partition coefficient (Wildman–Crippen LogP) is -0.605. The molecule has 0 saturated carbocycles. The van der Waals surface area contributed by atoms with Gasteiger partial charge in [0, 0.05) is 0 Å². The second-order valence-electron chi connectivity index (χ2n) is 12.8. The van der Waals surface area contributed by atoms with Gasteiger partial charge in [-0.3, -0.25) is 0 Å². The highest BCUT2D eigenvalue weighted by Crippen LogP contribution is 1.90. The Labute approximate surface area is 386 Å². The second-order valence-corrected chi connectivity index (χ2v) is 12.8. The molecule has 0 fully saturated rings. The third-order valence-electron chi connectivity index (χ3n) is 7.53. The summed E-state index contributed by atoms with van der Waals surface area (Å²) in [6, 6.07) is 0. The molecule has 0 bridgehead atoms. The van der Waals surface area contributed by atoms with Crippen LogP contribution in [0.25, 0.3) is 0 Å². The molecule has 2 N–H and O–H groups in total. The molecule has 390 valence electrons. The van der Waals surface area contributed by atoms with Gasteiger partial charge in [0.2, 0.25) is 0 Å². The molecule has 0 aromatic heterocycles. The molecule has 0 spiro atoms. The van der Waals surface area contributed by atoms with Crippen LogP contribution in [0.5, 0.6) is 0 Å². The summed E-state index contributed by atoms with van der Waals surface area (Å²) in [6.07, 6.45) is 0. The van der Waals surface area contributed by atoms with Crippen molar-refractivity contribution >= 4 is 5.97 Å². The third kappa shape index (κ3) is 62.6. The van der Waals surface area contributed by atoms with E-state index in [-0.39, 0.29) is 19.8 Å². The molecule has 0 unspecified atom stereocenters. The first-order valence-corrected chi connectivity index (χ1v) is 22.6. The molecular weight excluding hydrogens is 872 g/mol. The zero-order valence-corrected chi connectivity index (χ0v) is 39.0. The van der Waals surface area contributed by atoms with Crippen LogP contribution in [0.3, 0.4) is 0 Å². The zero-order valence-electron chi connectivity index (χ0n) is 39.0. The quantitative estimate of drug-likeness (QED) is 0.0723. The smallest absolute Gasteiger partial charge is 0.329 e. The van der Waals surface area contributed by atoms with Crippen molar-refractivity contribution in [2.45, 2.75) is 0 Å². The van der Waals surface area contributed by atoms with Gasteiger partial charge in [-0.15, -0.1) is 0 Å². The van der Waals surface area contributed by atoms with Gasteiger partial charge in [0.15, 0.2) is 0 Å². The van der Waals surface area contributed by atoms with Gasteiger partial charge in [-0.05, 0) is 0 Å². The largest absolute Gasteiger partial charge is 0.480 e. The average molecular weight is 957 g/mol. The van der Waals surface area contributed by atoms with Crippen molar-refractivity contribution in [2.75, 3.05) is 271 Å². The molecule has 0 aromatic carbocycles. The van der Waals surface area contributed by atoms with Crippen LogP contribution in [-0.4, -0.2) is 287 Å². The van der Waals surface area contributed by atoms with Crippen LogP contribution >= 0.6 is 0 Å². The van der Waals surface area contributed by atoms with Crippen LogP contribution < -0.4 is 0 Å². The molecule has 0 aliphatic rings. The maximum absolute atomic E-state index is 10.3. The Morgan fingerprint density at radius 2 is 0.308 bits per heavy atom. The standard InChI is InChI=1S/C42H84O23/c43-1-2-46-3-4-47-5-6-48-7-8-49-9-10-50-11-12-51-13-14-52-15-16-53-17-18-54-19-20-55-21-22-56-23-24-57-25-26-58-27-28-59-29-30-60-31-32-61-33-34-62-35-36-63-37-38-64-39-40-65-41-42(44)45/h43H,1-41H2,(H,44,45). The summed E-state index contributed by atoms with van der Waals surface area (Å²) in [7, 11) is 0. The Morgan fingerprint density at radius 1 is 0.200 bits per heavy atom. The average Bonchev–Trinajstić information content (AvgIpc) is 3.30. The molecule has 0 aliphatic heterocycles. The van der Waals surface area contributed by atoms with Crippen LogP contribution in [0.4, 0.5) is 0 Å². The van der Waals surface area contributed by atoms with Crippen molar-refractivity contribution in [1.82, 2.24) is 0 Å². The fraction of sp³-hybridized carbons (Fsp3) is 0.976. The summed E-state index contributed by atoms with van der Waals surface area (Å²) in [5.74, 6) is -1.00. The summed E-state index contributed by atoms with van der Waals surface area (Å²) in [4.78, 5) is 10.3. The van der Waals surface area contributed by atoms with Gasteiger partial charge in [0.25, 0.3) is 0 Å². The van der Waals surface area contributed by atoms with Crippen LogP contribution in [0, 0.1) is 0 Å². The number of aliphatic hydroxyl groups is 1. The number of hydrogen-bond acceptors (Lipinski definition) is 22. The monoisotopic (exact) mass is 957 g/mol. The van der Waals surface area contributed by atoms with E-state index in [0.717, 1.165) is 0 Å². The lowest BCUT2D eigenvalue weighted by Crippen LogP contribution is -2.16. The molecule has 65 heavy (non-hydrogen) atoms. The first kappa shape index (κ1) is 63.6. The minimum absolute atomic E-state index is 0.0177. The van der Waals surface area contributed by atoms with Gasteiger partial charge < -0.3 is 105 Å². The summed E-state index contributed by atoms with van der Waals surface area (Å²) >= 11 is 0. The van der Waals surface area contributed by atoms with E-state index in [1.54, 1.807) is 0 Å². The van der Waals surface area contributed by atoms with Gasteiger partial charge in [-0.2, -0.15) is 0 Å². The Morgan fingerprint density at radius 3 is 0.415 bits per heavy atom. The van der Waals surface area contributed by atoms with Crippen molar-refractivity contribution in [3.05, 3.63) is 0 Å². The maximum atomic E-state index is 10.3. The van der Waals surface area contributed by atoms with E-state index in [0.29, 0.717) is 251 Å². The lowest BCUT2D eigenvalue weighted by Gasteiger charge is -2.09. The van der Waals surface area contributed by atoms with E-state index in [4.69, 9.17) is 105 Å². The predicted molar refractivity (Wildman–Crippen MR) is 231 cm³/mol. The van der Waals surface area contributed by atoms with Crippen LogP contribution in [0.2, 0.25) is 0 Å². The molecule has 23 nitrogen and oxygen atoms in total. The number of aliphatic carboxylic acids is 1. The number of hydrogen-bond donors (Lipinski definition) is 2. The van der Waals surface area contributed by atoms with Gasteiger partial charge in [-0.25, -0.2) is 4.79 Å². The first-order valence-electron chi connectivity index (χ1n) is 22.6. The van der Waals surface area contributed by atoms with Crippen LogP contribution in [-0.2, 0) is 99.5 Å². The molecule has 23 heteroatoms. The molecule has 0 aromatic rings. The Kier molecular flexibility index (Phi) is 59.4. The zero-order chi connectivity index (χ0) is 46.7. The van der Waals surface area contributed by atoms with Gasteiger partial charge >= 0.3 is 5.97 Å². The number of ether oxygens (including phenoxy) is 20. The highest BCUT2D eigenvalue weighted by molar-refractivity contribution is 5.67. The van der Waals surface area contributed by atoms with Crippen molar-refractivity contribution in [2.24, 2.45) is 0 Å². The minimum atomic E-state index is -1.00. The van der Waals surface area contributed by atoms with Crippen molar-refractivity contribution < 1.29 is 110 Å². The summed E-state index contributed by atoms with van der Waals surface area (Å²) in [6.45, 7) is 17.8. The van der Waals surface area contributed by atoms with Crippen LogP contribution in [0.1, 0.15) is 0 Å². The van der Waals surface area contributed by atoms with Crippen molar-refractivity contribution in [3.8, 4) is 0 Å². The molecule has 0 saturated heterocycles. The minimum Gasteiger partial charge on any atom is -0.480 e. The molecule has 0 rings (SSSR count). The fourth-order valence-corrected chi connectivity index (χ4v) is 4.40. The summed E-state index contributed by atoms with van der Waals surface area (Å²) in [5, 5.41) is 17.0. The van der Waals surface area contributed by atoms with Gasteiger partial charge in [0.1, 0.15) is 6.61 Å². The Hall–Kier alpha value is -1.37. The molecular formula is C42H84O23. The fourth-order valence-electron chi connectivity index (χ4n) is 4.40. The van der Waals surface area contributed by atoms with E-state index >= 15 is 0 Å². The molecule has 0 aliphatic carbocycles. The summed E-state index contributed by atoms with van der Waals surface area (Å²) < 4.78 is 108. The molecule has 0 radical (unpaired) electrons. The van der Waals surface area contributed by atoms with E-state index in [1.807, 2.05) is 0 Å². The highest BCUT2D eigenvalue weighted by atomic mass is 16.6. The summed E-state index contributed by atoms with van der Waals surface area (Å²) in [5.41, 5.74) is 0. The van der Waals surface area contributed by atoms with E-state index < -0.39 is 5.97 Å². The van der Waals surface area contributed by atoms with Crippen molar-refractivity contribution in [1.29, 1.82) is 0 Å². The lowest BCUT2D eigenvalue weighted by molar-refractivity contribution is -0.142. The Bertz CT molecular complexity index is 870. The van der Waals surface area contributed by atoms with E-state index in [9.17, 15) is 4.79 Å². The third-order valence-corrected chi connectivity index (χ3v) is 7.53. The number of aliphatic hydroxyl groups excluding tert-OH is 1. The molecule has 0 amide bonds. The molecule has 0 atom stereocenters. The topological polar surface area (TPSA) is 242 Å². The maximum Gasteiger partial charge on any atom is 0.329 e. The van der Waals surface area contributed by atoms with Gasteiger partial charge in [0.05, 0.1) is 264 Å². The normalized spacial score (nSPS) is 11.6. The lowest BCUT2D eigenvalue weighted by atomic mass is 10.6. The van der Waals surface area contributed by atoms with Crippen LogP contribution in [0.15, 0.2) is 0 Å². The number of carboxylic acid groups (broad SMARTS) is 1. The van der Waals surface area contributed by atoms with Crippen molar-refractivity contribution in [3.63, 3.8) is 0 Å². The molecule has 0 heterocycles. The highest BCUT2D eigenvalue weighted by Gasteiger charge is 2.00. The first-order chi connectivity index (χ1) is 32.3. The van der Waals surface area contributed by atoms with E-state index in [1.165, 1.54) is 0 Å². The number of rotatable bonds is 61. The number of carboxylic acids is 1. The second kappa shape index (κ2) is 60.6. The SMILES string of the molecule is O=C(O)COCCOCCOCCOCCOCCOCCOCCOCCOCCOCCOCCOCCOCCOCCOCCOCCOCCOCCOCCOCCO. The Balaban J connectivity index is 3.07. The number of carbonyl (C=O) groups is 1.